The second-order valence-corrected chi connectivity index (χ2v) is 4.53. The van der Waals surface area contributed by atoms with Gasteiger partial charge in [-0.3, -0.25) is 0 Å². The van der Waals surface area contributed by atoms with Crippen molar-refractivity contribution in [3.63, 3.8) is 0 Å². The van der Waals surface area contributed by atoms with Crippen LogP contribution in [0.1, 0.15) is 24.6 Å². The molecule has 2 heteroatoms. The highest BCUT2D eigenvalue weighted by Crippen LogP contribution is 2.25. The monoisotopic (exact) mass is 217 g/mol. The van der Waals surface area contributed by atoms with Gasteiger partial charge in [-0.05, 0) is 38.3 Å². The van der Waals surface area contributed by atoms with E-state index >= 15 is 0 Å². The Bertz CT molecular complexity index is 497. The van der Waals surface area contributed by atoms with Crippen LogP contribution in [0.2, 0.25) is 0 Å². The number of hydrogen-bond donors (Lipinski definition) is 1. The molecule has 0 aliphatic heterocycles. The first-order chi connectivity index (χ1) is 7.61. The van der Waals surface area contributed by atoms with Crippen LogP contribution in [-0.4, -0.2) is 15.8 Å². The zero-order valence-corrected chi connectivity index (χ0v) is 10.2. The highest BCUT2D eigenvalue weighted by molar-refractivity contribution is 5.85. The van der Waals surface area contributed by atoms with Crippen molar-refractivity contribution < 1.29 is 5.11 Å². The Hall–Kier alpha value is -1.28. The number of aliphatic hydroxyl groups excluding tert-OH is 1. The molecule has 0 aliphatic rings. The third-order valence-corrected chi connectivity index (χ3v) is 3.34. The van der Waals surface area contributed by atoms with E-state index < -0.39 is 0 Å². The second-order valence-electron chi connectivity index (χ2n) is 4.53. The minimum Gasteiger partial charge on any atom is -0.393 e. The van der Waals surface area contributed by atoms with Gasteiger partial charge >= 0.3 is 0 Å². The number of fused-ring (bicyclic) bond motifs is 1. The van der Waals surface area contributed by atoms with E-state index in [4.69, 9.17) is 0 Å². The number of nitrogens with zero attached hydrogens (tertiary/aromatic N) is 1. The summed E-state index contributed by atoms with van der Waals surface area (Å²) < 4.78 is 2.23. The van der Waals surface area contributed by atoms with Gasteiger partial charge < -0.3 is 9.67 Å². The van der Waals surface area contributed by atoms with Gasteiger partial charge in [0.2, 0.25) is 0 Å². The summed E-state index contributed by atoms with van der Waals surface area (Å²) >= 11 is 0. The highest BCUT2D eigenvalue weighted by Gasteiger charge is 2.11. The Labute approximate surface area is 96.5 Å². The van der Waals surface area contributed by atoms with Crippen LogP contribution in [-0.2, 0) is 13.5 Å². The number of aryl methyl sites for hydroxylation is 2. The van der Waals surface area contributed by atoms with Crippen LogP contribution in [0.4, 0.5) is 0 Å². The van der Waals surface area contributed by atoms with Crippen LogP contribution in [0.15, 0.2) is 24.3 Å². The summed E-state index contributed by atoms with van der Waals surface area (Å²) in [6.45, 7) is 4.00. The molecule has 1 N–H and O–H groups in total. The molecule has 86 valence electrons. The number of rotatable bonds is 3. The molecular formula is C14H19NO. The quantitative estimate of drug-likeness (QED) is 0.840. The molecule has 1 heterocycles. The number of benzene rings is 1. The molecule has 1 atom stereocenters. The lowest BCUT2D eigenvalue weighted by atomic mass is 10.0. The summed E-state index contributed by atoms with van der Waals surface area (Å²) in [4.78, 5) is 0. The Balaban J connectivity index is 2.47. The molecule has 0 aliphatic carbocycles. The lowest BCUT2D eigenvalue weighted by Crippen LogP contribution is -2.02. The maximum absolute atomic E-state index is 9.38. The van der Waals surface area contributed by atoms with Crippen molar-refractivity contribution in [2.75, 3.05) is 0 Å². The van der Waals surface area contributed by atoms with Crippen molar-refractivity contribution >= 4 is 10.9 Å². The molecule has 0 saturated heterocycles. The second kappa shape index (κ2) is 4.30. The Morgan fingerprint density at radius 2 is 2.00 bits per heavy atom. The van der Waals surface area contributed by atoms with Crippen molar-refractivity contribution in [2.24, 2.45) is 7.05 Å². The van der Waals surface area contributed by atoms with E-state index in [0.717, 1.165) is 12.8 Å². The molecule has 0 spiro atoms. The minimum atomic E-state index is -0.224. The van der Waals surface area contributed by atoms with Crippen LogP contribution in [0.25, 0.3) is 10.9 Å². The third-order valence-electron chi connectivity index (χ3n) is 3.34. The van der Waals surface area contributed by atoms with Crippen LogP contribution in [0.5, 0.6) is 0 Å². The maximum atomic E-state index is 9.38. The smallest absolute Gasteiger partial charge is 0.0515 e. The van der Waals surface area contributed by atoms with Crippen molar-refractivity contribution in [1.29, 1.82) is 0 Å². The van der Waals surface area contributed by atoms with Crippen molar-refractivity contribution in [3.8, 4) is 0 Å². The molecule has 1 aromatic heterocycles. The fourth-order valence-corrected chi connectivity index (χ4v) is 2.27. The standard InChI is InChI=1S/C14H19NO/c1-10(16)8-9-12-11(2)15(3)14-7-5-4-6-13(12)14/h4-7,10,16H,8-9H2,1-3H3/t10-/m0/s1. The minimum absolute atomic E-state index is 0.224. The number of aromatic nitrogens is 1. The zero-order valence-electron chi connectivity index (χ0n) is 10.2. The molecule has 2 aromatic rings. The van der Waals surface area contributed by atoms with Crippen molar-refractivity contribution in [3.05, 3.63) is 35.5 Å². The van der Waals surface area contributed by atoms with Gasteiger partial charge in [-0.15, -0.1) is 0 Å². The van der Waals surface area contributed by atoms with Gasteiger partial charge in [-0.2, -0.15) is 0 Å². The summed E-state index contributed by atoms with van der Waals surface area (Å²) in [5, 5.41) is 10.7. The van der Waals surface area contributed by atoms with Crippen LogP contribution < -0.4 is 0 Å². The van der Waals surface area contributed by atoms with E-state index in [-0.39, 0.29) is 6.10 Å². The first-order valence-corrected chi connectivity index (χ1v) is 5.82. The first kappa shape index (κ1) is 11.2. The van der Waals surface area contributed by atoms with E-state index in [1.165, 1.54) is 22.2 Å². The summed E-state index contributed by atoms with van der Waals surface area (Å²) in [6.07, 6.45) is 1.55. The van der Waals surface area contributed by atoms with Crippen LogP contribution in [0, 0.1) is 6.92 Å². The van der Waals surface area contributed by atoms with Gasteiger partial charge in [0.05, 0.1) is 6.10 Å². The van der Waals surface area contributed by atoms with Crippen LogP contribution in [0.3, 0.4) is 0 Å². The number of hydrogen-bond acceptors (Lipinski definition) is 1. The maximum Gasteiger partial charge on any atom is 0.0515 e. The van der Waals surface area contributed by atoms with E-state index in [9.17, 15) is 5.11 Å². The molecule has 0 bridgehead atoms. The SMILES string of the molecule is Cc1c(CC[C@H](C)O)c2ccccc2n1C. The van der Waals surface area contributed by atoms with Crippen molar-refractivity contribution in [2.45, 2.75) is 32.8 Å². The van der Waals surface area contributed by atoms with Crippen LogP contribution >= 0.6 is 0 Å². The summed E-state index contributed by atoms with van der Waals surface area (Å²) in [6, 6.07) is 8.46. The summed E-state index contributed by atoms with van der Waals surface area (Å²) in [7, 11) is 2.10. The lowest BCUT2D eigenvalue weighted by molar-refractivity contribution is 0.185. The molecule has 2 rings (SSSR count). The summed E-state index contributed by atoms with van der Waals surface area (Å²) in [5.41, 5.74) is 3.96. The Morgan fingerprint density at radius 1 is 1.31 bits per heavy atom. The van der Waals surface area contributed by atoms with Crippen molar-refractivity contribution in [1.82, 2.24) is 4.57 Å². The van der Waals surface area contributed by atoms with Gasteiger partial charge in [-0.25, -0.2) is 0 Å². The molecule has 2 nitrogen and oxygen atoms in total. The lowest BCUT2D eigenvalue weighted by Gasteiger charge is -2.04. The van der Waals surface area contributed by atoms with E-state index in [2.05, 4.69) is 42.8 Å². The molecular weight excluding hydrogens is 198 g/mol. The van der Waals surface area contributed by atoms with E-state index in [1.54, 1.807) is 0 Å². The molecule has 0 saturated carbocycles. The number of aliphatic hydroxyl groups is 1. The predicted octanol–water partition coefficient (Wildman–Crippen LogP) is 2.80. The van der Waals surface area contributed by atoms with Gasteiger partial charge in [-0.1, -0.05) is 18.2 Å². The fourth-order valence-electron chi connectivity index (χ4n) is 2.27. The highest BCUT2D eigenvalue weighted by atomic mass is 16.3. The molecule has 16 heavy (non-hydrogen) atoms. The van der Waals surface area contributed by atoms with Gasteiger partial charge in [0.15, 0.2) is 0 Å². The number of para-hydroxylation sites is 1. The van der Waals surface area contributed by atoms with E-state index in [0.29, 0.717) is 0 Å². The predicted molar refractivity (Wildman–Crippen MR) is 67.7 cm³/mol. The molecule has 1 aromatic carbocycles. The fraction of sp³-hybridized carbons (Fsp3) is 0.429. The zero-order chi connectivity index (χ0) is 11.7. The average molecular weight is 217 g/mol. The Morgan fingerprint density at radius 3 is 2.69 bits per heavy atom. The van der Waals surface area contributed by atoms with E-state index in [1.807, 2.05) is 6.92 Å². The topological polar surface area (TPSA) is 25.2 Å². The Kier molecular flexibility index (Phi) is 3.01. The summed E-state index contributed by atoms with van der Waals surface area (Å²) in [5.74, 6) is 0. The molecule has 0 fully saturated rings. The van der Waals surface area contributed by atoms with Gasteiger partial charge in [0.25, 0.3) is 0 Å². The van der Waals surface area contributed by atoms with Gasteiger partial charge in [0, 0.05) is 23.6 Å². The third kappa shape index (κ3) is 1.85. The molecule has 0 radical (unpaired) electrons. The molecule has 0 unspecified atom stereocenters. The average Bonchev–Trinajstić information content (AvgIpc) is 2.50. The largest absolute Gasteiger partial charge is 0.393 e. The van der Waals surface area contributed by atoms with Gasteiger partial charge in [0.1, 0.15) is 0 Å². The molecule has 0 amide bonds. The normalized spacial score (nSPS) is 13.2. The first-order valence-electron chi connectivity index (χ1n) is 5.82.